The largest absolute Gasteiger partial charge is 0.477 e. The number of carbonyl (C=O) groups is 2. The SMILES string of the molecule is CCCn1nc(CC(=O)C2CN(c3nc4c(c(C)c3F)c(=O)c(C(=O)O)cn4-c3ncns3)C2)cc1C. The molecule has 0 radical (unpaired) electrons. The summed E-state index contributed by atoms with van der Waals surface area (Å²) in [5.74, 6) is -2.44. The Hall–Kier alpha value is -4.00. The summed E-state index contributed by atoms with van der Waals surface area (Å²) in [4.78, 5) is 47.6. The molecule has 0 bridgehead atoms. The zero-order valence-electron chi connectivity index (χ0n) is 20.4. The number of aromatic nitrogens is 6. The molecule has 11 nitrogen and oxygen atoms in total. The minimum absolute atomic E-state index is 0.00198. The fourth-order valence-electron chi connectivity index (χ4n) is 4.54. The number of hydrogen-bond donors (Lipinski definition) is 1. The number of fused-ring (bicyclic) bond motifs is 1. The standard InChI is InChI=1S/C24H24FN7O4S/c1-4-5-32-12(2)6-15(29-32)7-17(33)14-8-30(9-14)22-19(25)13(3)18-20(34)16(23(35)36)10-31(21(18)28-22)24-26-11-27-37-24/h6,10-11,14H,4-5,7-9H2,1-3H3,(H,35,36). The number of halogens is 1. The molecule has 0 unspecified atom stereocenters. The Bertz CT molecular complexity index is 1590. The van der Waals surface area contributed by atoms with Gasteiger partial charge in [0.25, 0.3) is 0 Å². The van der Waals surface area contributed by atoms with E-state index in [4.69, 9.17) is 0 Å². The van der Waals surface area contributed by atoms with Crippen molar-refractivity contribution in [3.8, 4) is 5.13 Å². The lowest BCUT2D eigenvalue weighted by molar-refractivity contribution is -0.123. The number of carbonyl (C=O) groups excluding carboxylic acids is 1. The molecule has 13 heteroatoms. The summed E-state index contributed by atoms with van der Waals surface area (Å²) in [7, 11) is 0. The lowest BCUT2D eigenvalue weighted by Crippen LogP contribution is -2.51. The normalized spacial score (nSPS) is 13.8. The van der Waals surface area contributed by atoms with E-state index < -0.39 is 22.8 Å². The second-order valence-electron chi connectivity index (χ2n) is 9.09. The summed E-state index contributed by atoms with van der Waals surface area (Å²) in [6, 6.07) is 1.91. The van der Waals surface area contributed by atoms with Crippen LogP contribution in [0.1, 0.15) is 40.7 Å². The average molecular weight is 526 g/mol. The maximum atomic E-state index is 15.5. The topological polar surface area (TPSA) is 136 Å². The molecule has 1 aliphatic rings. The van der Waals surface area contributed by atoms with Gasteiger partial charge in [0.1, 0.15) is 17.7 Å². The van der Waals surface area contributed by atoms with E-state index in [9.17, 15) is 19.5 Å². The van der Waals surface area contributed by atoms with E-state index in [1.54, 1.807) is 4.90 Å². The van der Waals surface area contributed by atoms with Gasteiger partial charge < -0.3 is 10.0 Å². The molecule has 0 spiro atoms. The van der Waals surface area contributed by atoms with Crippen LogP contribution in [0.25, 0.3) is 16.2 Å². The number of nitrogens with zero attached hydrogens (tertiary/aromatic N) is 7. The molecule has 4 aromatic rings. The van der Waals surface area contributed by atoms with Crippen molar-refractivity contribution in [1.82, 2.24) is 28.7 Å². The quantitative estimate of drug-likeness (QED) is 0.368. The van der Waals surface area contributed by atoms with Crippen molar-refractivity contribution in [2.75, 3.05) is 18.0 Å². The Balaban J connectivity index is 1.45. The van der Waals surface area contributed by atoms with Crippen LogP contribution in [-0.2, 0) is 17.8 Å². The molecule has 5 rings (SSSR count). The van der Waals surface area contributed by atoms with Crippen molar-refractivity contribution >= 4 is 40.1 Å². The molecular formula is C24H24FN7O4S. The van der Waals surface area contributed by atoms with Crippen LogP contribution in [0.2, 0.25) is 0 Å². The van der Waals surface area contributed by atoms with Gasteiger partial charge >= 0.3 is 5.97 Å². The molecule has 5 heterocycles. The molecule has 0 atom stereocenters. The Kier molecular flexibility index (Phi) is 6.31. The summed E-state index contributed by atoms with van der Waals surface area (Å²) in [5, 5.41) is 14.2. The predicted molar refractivity (Wildman–Crippen MR) is 134 cm³/mol. The number of aryl methyl sites for hydroxylation is 3. The number of carboxylic acid groups (broad SMARTS) is 1. The number of carboxylic acids is 1. The highest BCUT2D eigenvalue weighted by Gasteiger charge is 2.36. The van der Waals surface area contributed by atoms with Crippen LogP contribution in [0.15, 0.2) is 23.4 Å². The molecule has 0 aromatic carbocycles. The minimum atomic E-state index is -1.44. The van der Waals surface area contributed by atoms with Crippen LogP contribution >= 0.6 is 11.5 Å². The van der Waals surface area contributed by atoms with Crippen molar-refractivity contribution in [3.63, 3.8) is 0 Å². The zero-order chi connectivity index (χ0) is 26.4. The van der Waals surface area contributed by atoms with Crippen LogP contribution in [0.4, 0.5) is 10.2 Å². The predicted octanol–water partition coefficient (Wildman–Crippen LogP) is 2.55. The first-order valence-electron chi connectivity index (χ1n) is 11.8. The third-order valence-corrected chi connectivity index (χ3v) is 7.20. The monoisotopic (exact) mass is 525 g/mol. The average Bonchev–Trinajstić information content (AvgIpc) is 3.46. The van der Waals surface area contributed by atoms with Crippen molar-refractivity contribution in [2.45, 2.75) is 40.2 Å². The second kappa shape index (κ2) is 9.47. The fourth-order valence-corrected chi connectivity index (χ4v) is 5.05. The Labute approximate surface area is 214 Å². The maximum absolute atomic E-state index is 15.5. The van der Waals surface area contributed by atoms with E-state index in [1.807, 2.05) is 17.7 Å². The molecule has 1 aliphatic heterocycles. The fraction of sp³-hybridized carbons (Fsp3) is 0.375. The van der Waals surface area contributed by atoms with Crippen LogP contribution in [-0.4, -0.2) is 58.6 Å². The van der Waals surface area contributed by atoms with E-state index >= 15 is 4.39 Å². The number of ketones is 1. The van der Waals surface area contributed by atoms with Gasteiger partial charge in [0.15, 0.2) is 17.3 Å². The molecular weight excluding hydrogens is 501 g/mol. The van der Waals surface area contributed by atoms with Crippen molar-refractivity contribution in [3.05, 3.63) is 57.1 Å². The maximum Gasteiger partial charge on any atom is 0.341 e. The van der Waals surface area contributed by atoms with Gasteiger partial charge in [-0.2, -0.15) is 9.47 Å². The summed E-state index contributed by atoms with van der Waals surface area (Å²) in [6.45, 7) is 6.78. The summed E-state index contributed by atoms with van der Waals surface area (Å²) in [6.07, 6.45) is 3.57. The third kappa shape index (κ3) is 4.28. The Morgan fingerprint density at radius 1 is 1.27 bits per heavy atom. The molecule has 4 aromatic heterocycles. The first kappa shape index (κ1) is 24.7. The molecule has 0 aliphatic carbocycles. The van der Waals surface area contributed by atoms with Gasteiger partial charge in [-0.25, -0.2) is 19.2 Å². The summed E-state index contributed by atoms with van der Waals surface area (Å²) in [5.41, 5.74) is 0.436. The minimum Gasteiger partial charge on any atom is -0.477 e. The first-order chi connectivity index (χ1) is 17.7. The van der Waals surface area contributed by atoms with E-state index in [0.717, 1.165) is 42.1 Å². The second-order valence-corrected chi connectivity index (χ2v) is 9.85. The Morgan fingerprint density at radius 3 is 2.68 bits per heavy atom. The van der Waals surface area contributed by atoms with Crippen LogP contribution in [0.5, 0.6) is 0 Å². The number of aromatic carboxylic acids is 1. The number of pyridine rings is 2. The molecule has 192 valence electrons. The van der Waals surface area contributed by atoms with Gasteiger partial charge in [0, 0.05) is 48.6 Å². The van der Waals surface area contributed by atoms with Gasteiger partial charge in [0.2, 0.25) is 10.6 Å². The van der Waals surface area contributed by atoms with Crippen molar-refractivity contribution in [1.29, 1.82) is 0 Å². The van der Waals surface area contributed by atoms with Crippen molar-refractivity contribution in [2.24, 2.45) is 5.92 Å². The molecule has 1 fully saturated rings. The molecule has 0 amide bonds. The van der Waals surface area contributed by atoms with Crippen LogP contribution in [0.3, 0.4) is 0 Å². The zero-order valence-corrected chi connectivity index (χ0v) is 21.3. The van der Waals surface area contributed by atoms with E-state index in [-0.39, 0.29) is 58.8 Å². The van der Waals surface area contributed by atoms with Crippen LogP contribution < -0.4 is 10.3 Å². The molecule has 1 N–H and O–H groups in total. The third-order valence-electron chi connectivity index (χ3n) is 6.54. The van der Waals surface area contributed by atoms with Crippen molar-refractivity contribution < 1.29 is 19.1 Å². The van der Waals surface area contributed by atoms with Gasteiger partial charge in [-0.15, -0.1) is 0 Å². The number of hydrogen-bond acceptors (Lipinski definition) is 9. The Morgan fingerprint density at radius 2 is 2.03 bits per heavy atom. The van der Waals surface area contributed by atoms with Crippen LogP contribution in [0, 0.1) is 25.6 Å². The highest BCUT2D eigenvalue weighted by molar-refractivity contribution is 7.08. The van der Waals surface area contributed by atoms with Gasteiger partial charge in [-0.05, 0) is 26.3 Å². The van der Waals surface area contributed by atoms with Gasteiger partial charge in [-0.3, -0.25) is 18.8 Å². The van der Waals surface area contributed by atoms with Gasteiger partial charge in [-0.1, -0.05) is 6.92 Å². The number of Topliss-reactive ketones (excluding diaryl/α,β-unsaturated/α-hetero) is 1. The number of anilines is 1. The lowest BCUT2D eigenvalue weighted by atomic mass is 9.92. The molecule has 1 saturated heterocycles. The van der Waals surface area contributed by atoms with E-state index in [0.29, 0.717) is 0 Å². The number of rotatable bonds is 8. The lowest BCUT2D eigenvalue weighted by Gasteiger charge is -2.39. The highest BCUT2D eigenvalue weighted by atomic mass is 32.1. The van der Waals surface area contributed by atoms with E-state index in [1.165, 1.54) is 17.8 Å². The van der Waals surface area contributed by atoms with Gasteiger partial charge in [0.05, 0.1) is 23.4 Å². The van der Waals surface area contributed by atoms with E-state index in [2.05, 4.69) is 26.4 Å². The first-order valence-corrected chi connectivity index (χ1v) is 12.5. The summed E-state index contributed by atoms with van der Waals surface area (Å²) >= 11 is 0.979. The summed E-state index contributed by atoms with van der Waals surface area (Å²) < 4.78 is 22.6. The molecule has 37 heavy (non-hydrogen) atoms. The highest BCUT2D eigenvalue weighted by Crippen LogP contribution is 2.32. The smallest absolute Gasteiger partial charge is 0.341 e. The molecule has 0 saturated carbocycles.